The smallest absolute Gasteiger partial charge is 0.163 e. The number of para-hydroxylation sites is 1. The van der Waals surface area contributed by atoms with Crippen LogP contribution in [0.1, 0.15) is 29.2 Å². The monoisotopic (exact) mass is 506 g/mol. The highest BCUT2D eigenvalue weighted by Gasteiger charge is 2.37. The number of Topliss-reactive ketones (excluding diaryl/α,β-unsaturated/α-hetero) is 1. The van der Waals surface area contributed by atoms with Crippen molar-refractivity contribution in [3.8, 4) is 17.2 Å². The Morgan fingerprint density at radius 2 is 1.80 bits per heavy atom. The van der Waals surface area contributed by atoms with E-state index >= 15 is 0 Å². The van der Waals surface area contributed by atoms with Gasteiger partial charge in [-0.2, -0.15) is 0 Å². The predicted octanol–water partition coefficient (Wildman–Crippen LogP) is 6.18. The number of methoxy groups -OCH3 is 3. The fourth-order valence-corrected chi connectivity index (χ4v) is 7.62. The summed E-state index contributed by atoms with van der Waals surface area (Å²) in [6.45, 7) is 0. The first kappa shape index (κ1) is 21.7. The van der Waals surface area contributed by atoms with E-state index in [1.165, 1.54) is 0 Å². The van der Waals surface area contributed by atoms with Gasteiger partial charge < -0.3 is 14.2 Å². The molecule has 4 nitrogen and oxygen atoms in total. The highest BCUT2D eigenvalue weighted by Crippen LogP contribution is 2.56. The van der Waals surface area contributed by atoms with Crippen LogP contribution in [-0.4, -0.2) is 32.4 Å². The van der Waals surface area contributed by atoms with Crippen LogP contribution in [0.2, 0.25) is 0 Å². The maximum absolute atomic E-state index is 13.0. The molecule has 0 saturated carbocycles. The van der Waals surface area contributed by atoms with E-state index < -0.39 is 0 Å². The first-order chi connectivity index (χ1) is 14.5. The molecule has 0 aromatic heterocycles. The molecule has 0 fully saturated rings. The lowest BCUT2D eigenvalue weighted by molar-refractivity contribution is -0.115. The number of hydrogen-bond donors (Lipinski definition) is 0. The predicted molar refractivity (Wildman–Crippen MR) is 127 cm³/mol. The number of carbonyl (C=O) groups is 1. The molecule has 2 aliphatic rings. The van der Waals surface area contributed by atoms with Crippen molar-refractivity contribution in [2.75, 3.05) is 21.3 Å². The average Bonchev–Trinajstić information content (AvgIpc) is 3.16. The second-order valence-corrected chi connectivity index (χ2v) is 10.9. The van der Waals surface area contributed by atoms with Crippen molar-refractivity contribution in [1.82, 2.24) is 0 Å². The minimum atomic E-state index is 0.0707. The summed E-state index contributed by atoms with van der Waals surface area (Å²) in [5.41, 5.74) is 3.16. The fourth-order valence-electron chi connectivity index (χ4n) is 3.97. The van der Waals surface area contributed by atoms with Gasteiger partial charge in [0.05, 0.1) is 21.3 Å². The van der Waals surface area contributed by atoms with Crippen LogP contribution in [-0.2, 0) is 11.2 Å². The molecule has 0 aliphatic carbocycles. The lowest BCUT2D eigenvalue weighted by Gasteiger charge is -2.24. The van der Waals surface area contributed by atoms with Crippen LogP contribution < -0.4 is 14.2 Å². The van der Waals surface area contributed by atoms with Crippen molar-refractivity contribution in [2.24, 2.45) is 0 Å². The number of ketones is 1. The number of carbonyl (C=O) groups excluding carboxylic acids is 1. The van der Waals surface area contributed by atoms with Crippen molar-refractivity contribution < 1.29 is 19.0 Å². The molecule has 0 saturated heterocycles. The van der Waals surface area contributed by atoms with E-state index in [2.05, 4.69) is 28.1 Å². The SMILES string of the molecule is COc1ccc(Br)cc1C1CC(=O)C2=C(SC(Cc3cccc(OC)c3OC)C2)S1. The van der Waals surface area contributed by atoms with Crippen LogP contribution in [0, 0.1) is 0 Å². The summed E-state index contributed by atoms with van der Waals surface area (Å²) in [6, 6.07) is 11.9. The molecule has 0 bridgehead atoms. The Balaban J connectivity index is 1.53. The summed E-state index contributed by atoms with van der Waals surface area (Å²) in [5.74, 6) is 2.60. The van der Waals surface area contributed by atoms with Gasteiger partial charge in [0, 0.05) is 36.8 Å². The Hall–Kier alpha value is -1.57. The lowest BCUT2D eigenvalue weighted by atomic mass is 9.97. The van der Waals surface area contributed by atoms with Crippen molar-refractivity contribution in [3.63, 3.8) is 0 Å². The van der Waals surface area contributed by atoms with Gasteiger partial charge in [-0.1, -0.05) is 28.1 Å². The largest absolute Gasteiger partial charge is 0.496 e. The highest BCUT2D eigenvalue weighted by atomic mass is 79.9. The fraction of sp³-hybridized carbons (Fsp3) is 0.348. The Labute approximate surface area is 193 Å². The zero-order chi connectivity index (χ0) is 21.3. The Bertz CT molecular complexity index is 1000. The number of thioether (sulfide) groups is 2. The van der Waals surface area contributed by atoms with Gasteiger partial charge >= 0.3 is 0 Å². The van der Waals surface area contributed by atoms with Crippen LogP contribution in [0.3, 0.4) is 0 Å². The molecule has 7 heteroatoms. The summed E-state index contributed by atoms with van der Waals surface area (Å²) in [4.78, 5) is 13.0. The van der Waals surface area contributed by atoms with E-state index in [1.807, 2.05) is 36.0 Å². The molecule has 30 heavy (non-hydrogen) atoms. The average molecular weight is 507 g/mol. The third kappa shape index (κ3) is 4.25. The molecular formula is C23H23BrO4S2. The van der Waals surface area contributed by atoms with Gasteiger partial charge in [-0.3, -0.25) is 4.79 Å². The molecule has 2 atom stereocenters. The van der Waals surface area contributed by atoms with Crippen LogP contribution in [0.25, 0.3) is 0 Å². The van der Waals surface area contributed by atoms with Gasteiger partial charge in [0.25, 0.3) is 0 Å². The van der Waals surface area contributed by atoms with Crippen LogP contribution in [0.5, 0.6) is 17.2 Å². The van der Waals surface area contributed by atoms with Gasteiger partial charge in [0.1, 0.15) is 5.75 Å². The summed E-state index contributed by atoms with van der Waals surface area (Å²) >= 11 is 7.16. The minimum absolute atomic E-state index is 0.0707. The standard InChI is InChI=1S/C23H23BrO4S2/c1-26-19-8-7-14(24)10-17(19)21-12-18(25)16-11-15(29-23(16)30-21)9-13-5-4-6-20(27-2)22(13)28-3/h4-8,10,15,21H,9,11-12H2,1-3H3. The van der Waals surface area contributed by atoms with E-state index in [0.717, 1.165) is 55.5 Å². The molecule has 2 aliphatic heterocycles. The summed E-state index contributed by atoms with van der Waals surface area (Å²) < 4.78 is 18.7. The molecular weight excluding hydrogens is 484 g/mol. The van der Waals surface area contributed by atoms with Crippen molar-refractivity contribution in [1.29, 1.82) is 0 Å². The number of benzene rings is 2. The Morgan fingerprint density at radius 1 is 1.00 bits per heavy atom. The minimum Gasteiger partial charge on any atom is -0.496 e. The third-order valence-electron chi connectivity index (χ3n) is 5.38. The second-order valence-electron chi connectivity index (χ2n) is 7.19. The zero-order valence-electron chi connectivity index (χ0n) is 17.1. The Kier molecular flexibility index (Phi) is 6.70. The van der Waals surface area contributed by atoms with Gasteiger partial charge in [-0.05, 0) is 42.7 Å². The van der Waals surface area contributed by atoms with E-state index in [0.29, 0.717) is 11.7 Å². The number of allylic oxidation sites excluding steroid dienone is 1. The number of halogens is 1. The molecule has 158 valence electrons. The number of hydrogen-bond acceptors (Lipinski definition) is 6. The molecule has 0 spiro atoms. The van der Waals surface area contributed by atoms with Gasteiger partial charge in [-0.15, -0.1) is 23.5 Å². The van der Waals surface area contributed by atoms with E-state index in [9.17, 15) is 4.79 Å². The summed E-state index contributed by atoms with van der Waals surface area (Å²) in [7, 11) is 4.99. The molecule has 2 aromatic carbocycles. The number of rotatable bonds is 6. The molecule has 2 heterocycles. The maximum atomic E-state index is 13.0. The van der Waals surface area contributed by atoms with E-state index in [-0.39, 0.29) is 11.0 Å². The topological polar surface area (TPSA) is 44.8 Å². The Morgan fingerprint density at radius 3 is 2.53 bits per heavy atom. The van der Waals surface area contributed by atoms with Crippen LogP contribution >= 0.6 is 39.5 Å². The first-order valence-corrected chi connectivity index (χ1v) is 12.2. The lowest BCUT2D eigenvalue weighted by Crippen LogP contribution is -2.13. The van der Waals surface area contributed by atoms with Crippen molar-refractivity contribution in [2.45, 2.75) is 29.8 Å². The van der Waals surface area contributed by atoms with E-state index in [1.54, 1.807) is 33.1 Å². The van der Waals surface area contributed by atoms with E-state index in [4.69, 9.17) is 14.2 Å². The molecule has 0 radical (unpaired) electrons. The van der Waals surface area contributed by atoms with Crippen LogP contribution in [0.15, 0.2) is 50.7 Å². The highest BCUT2D eigenvalue weighted by molar-refractivity contribution is 9.10. The van der Waals surface area contributed by atoms with Crippen molar-refractivity contribution >= 4 is 45.2 Å². The van der Waals surface area contributed by atoms with Crippen LogP contribution in [0.4, 0.5) is 0 Å². The molecule has 4 rings (SSSR count). The summed E-state index contributed by atoms with van der Waals surface area (Å²) in [5, 5.41) is 0.386. The van der Waals surface area contributed by atoms with Gasteiger partial charge in [0.15, 0.2) is 17.3 Å². The molecule has 0 N–H and O–H groups in total. The first-order valence-electron chi connectivity index (χ1n) is 9.67. The third-order valence-corrected chi connectivity index (χ3v) is 8.74. The second kappa shape index (κ2) is 9.28. The normalized spacial score (nSPS) is 20.9. The number of ether oxygens (including phenoxy) is 3. The van der Waals surface area contributed by atoms with Gasteiger partial charge in [-0.25, -0.2) is 0 Å². The molecule has 2 aromatic rings. The molecule has 2 unspecified atom stereocenters. The van der Waals surface area contributed by atoms with Crippen molar-refractivity contribution in [3.05, 3.63) is 61.8 Å². The van der Waals surface area contributed by atoms with Gasteiger partial charge in [0.2, 0.25) is 0 Å². The quantitative estimate of drug-likeness (QED) is 0.465. The molecule has 0 amide bonds. The zero-order valence-corrected chi connectivity index (χ0v) is 20.3. The summed E-state index contributed by atoms with van der Waals surface area (Å²) in [6.07, 6.45) is 2.14. The maximum Gasteiger partial charge on any atom is 0.163 e.